The average molecular weight is 381 g/mol. The van der Waals surface area contributed by atoms with E-state index in [1.165, 1.54) is 12.1 Å². The molecule has 6 nitrogen and oxygen atoms in total. The molecule has 0 bridgehead atoms. The van der Waals surface area contributed by atoms with Gasteiger partial charge in [0.05, 0.1) is 5.71 Å². The number of hydrogen-bond acceptors (Lipinski definition) is 5. The molecule has 0 radical (unpaired) electrons. The molecule has 0 spiro atoms. The molecule has 0 aliphatic carbocycles. The lowest BCUT2D eigenvalue weighted by Gasteiger charge is -2.11. The Morgan fingerprint density at radius 1 is 1.21 bits per heavy atom. The zero-order valence-corrected chi connectivity index (χ0v) is 15.8. The quantitative estimate of drug-likeness (QED) is 0.730. The zero-order valence-electron chi connectivity index (χ0n) is 15.8. The van der Waals surface area contributed by atoms with Crippen LogP contribution in [0.5, 0.6) is 0 Å². The lowest BCUT2D eigenvalue weighted by molar-refractivity contribution is -0.125. The number of aromatic nitrogens is 1. The molecule has 2 heterocycles. The van der Waals surface area contributed by atoms with E-state index in [0.717, 1.165) is 0 Å². The second-order valence-corrected chi connectivity index (χ2v) is 7.79. The van der Waals surface area contributed by atoms with Gasteiger partial charge in [0.2, 0.25) is 12.0 Å². The first-order valence-electron chi connectivity index (χ1n) is 9.00. The van der Waals surface area contributed by atoms with E-state index >= 15 is 0 Å². The molecular weight excluding hydrogens is 361 g/mol. The molecule has 0 fully saturated rings. The fourth-order valence-electron chi connectivity index (χ4n) is 2.91. The number of oxime groups is 1. The van der Waals surface area contributed by atoms with Crippen molar-refractivity contribution >= 4 is 28.4 Å². The minimum Gasteiger partial charge on any atom is -0.440 e. The number of carbonyl (C=O) groups excluding carboxylic acids is 1. The standard InChI is InChI=1S/C21H20FN3O3/c1-21(2,3)20-24-16-10-14(7-8-17(16)27-20)23-19(26)18-11-15(25-28-18)12-5-4-6-13(22)9-12/h4-10,18H,11H2,1-3H3,(H,23,26)/t18-/m0/s1. The summed E-state index contributed by atoms with van der Waals surface area (Å²) in [6, 6.07) is 11.3. The van der Waals surface area contributed by atoms with Crippen LogP contribution in [0.4, 0.5) is 10.1 Å². The second-order valence-electron chi connectivity index (χ2n) is 7.79. The van der Waals surface area contributed by atoms with Gasteiger partial charge in [-0.3, -0.25) is 4.79 Å². The van der Waals surface area contributed by atoms with Crippen LogP contribution in [0.3, 0.4) is 0 Å². The molecular formula is C21H20FN3O3. The first kappa shape index (κ1) is 18.2. The van der Waals surface area contributed by atoms with Crippen LogP contribution in [0.15, 0.2) is 52.0 Å². The molecule has 2 aromatic carbocycles. The monoisotopic (exact) mass is 381 g/mol. The smallest absolute Gasteiger partial charge is 0.268 e. The Hall–Kier alpha value is -3.22. The molecule has 0 saturated heterocycles. The van der Waals surface area contributed by atoms with E-state index in [0.29, 0.717) is 34.0 Å². The fourth-order valence-corrected chi connectivity index (χ4v) is 2.91. The molecule has 1 aromatic heterocycles. The third kappa shape index (κ3) is 3.60. The molecule has 28 heavy (non-hydrogen) atoms. The van der Waals surface area contributed by atoms with Crippen molar-refractivity contribution in [2.75, 3.05) is 5.32 Å². The SMILES string of the molecule is CC(C)(C)c1nc2cc(NC(=O)[C@@H]3CC(c4cccc(F)c4)=NO3)ccc2o1. The van der Waals surface area contributed by atoms with Crippen LogP contribution in [0.1, 0.15) is 38.6 Å². The molecule has 1 amide bonds. The number of anilines is 1. The first-order chi connectivity index (χ1) is 13.3. The predicted octanol–water partition coefficient (Wildman–Crippen LogP) is 4.40. The maximum atomic E-state index is 13.4. The van der Waals surface area contributed by atoms with Crippen molar-refractivity contribution in [3.63, 3.8) is 0 Å². The maximum Gasteiger partial charge on any atom is 0.268 e. The van der Waals surface area contributed by atoms with Crippen LogP contribution in [0.2, 0.25) is 0 Å². The van der Waals surface area contributed by atoms with Crippen LogP contribution in [-0.2, 0) is 15.0 Å². The molecule has 7 heteroatoms. The molecule has 3 aromatic rings. The third-order valence-corrected chi connectivity index (χ3v) is 4.42. The summed E-state index contributed by atoms with van der Waals surface area (Å²) >= 11 is 0. The maximum absolute atomic E-state index is 13.4. The Balaban J connectivity index is 1.45. The minimum atomic E-state index is -0.767. The number of fused-ring (bicyclic) bond motifs is 1. The number of nitrogens with one attached hydrogen (secondary N) is 1. The second kappa shape index (κ2) is 6.74. The number of oxazole rings is 1. The predicted molar refractivity (Wildman–Crippen MR) is 104 cm³/mol. The number of hydrogen-bond donors (Lipinski definition) is 1. The van der Waals surface area contributed by atoms with Crippen molar-refractivity contribution < 1.29 is 18.4 Å². The number of benzene rings is 2. The average Bonchev–Trinajstić information content (AvgIpc) is 3.28. The zero-order chi connectivity index (χ0) is 19.9. The molecule has 1 aliphatic rings. The van der Waals surface area contributed by atoms with Gasteiger partial charge in [-0.05, 0) is 30.3 Å². The van der Waals surface area contributed by atoms with E-state index in [9.17, 15) is 9.18 Å². The largest absolute Gasteiger partial charge is 0.440 e. The first-order valence-corrected chi connectivity index (χ1v) is 9.00. The van der Waals surface area contributed by atoms with Crippen LogP contribution in [0.25, 0.3) is 11.1 Å². The van der Waals surface area contributed by atoms with Gasteiger partial charge in [-0.15, -0.1) is 0 Å². The van der Waals surface area contributed by atoms with Gasteiger partial charge in [-0.2, -0.15) is 0 Å². The Labute approximate surface area is 161 Å². The molecule has 1 aliphatic heterocycles. The summed E-state index contributed by atoms with van der Waals surface area (Å²) in [6.07, 6.45) is -0.494. The summed E-state index contributed by atoms with van der Waals surface area (Å²) in [4.78, 5) is 22.3. The molecule has 1 atom stereocenters. The molecule has 0 saturated carbocycles. The van der Waals surface area contributed by atoms with Crippen molar-refractivity contribution in [2.24, 2.45) is 5.16 Å². The minimum absolute atomic E-state index is 0.204. The van der Waals surface area contributed by atoms with Crippen molar-refractivity contribution in [1.82, 2.24) is 4.98 Å². The van der Waals surface area contributed by atoms with E-state index in [-0.39, 0.29) is 23.6 Å². The number of amides is 1. The van der Waals surface area contributed by atoms with E-state index in [4.69, 9.17) is 9.25 Å². The Morgan fingerprint density at radius 2 is 2.04 bits per heavy atom. The van der Waals surface area contributed by atoms with Gasteiger partial charge >= 0.3 is 0 Å². The summed E-state index contributed by atoms with van der Waals surface area (Å²) in [7, 11) is 0. The van der Waals surface area contributed by atoms with Gasteiger partial charge in [-0.1, -0.05) is 38.1 Å². The van der Waals surface area contributed by atoms with E-state index in [1.54, 1.807) is 30.3 Å². The van der Waals surface area contributed by atoms with Crippen LogP contribution < -0.4 is 5.32 Å². The Kier molecular flexibility index (Phi) is 4.37. The number of halogens is 1. The number of carbonyl (C=O) groups is 1. The van der Waals surface area contributed by atoms with Crippen molar-refractivity contribution in [3.05, 3.63) is 59.7 Å². The van der Waals surface area contributed by atoms with E-state index < -0.39 is 6.10 Å². The lowest BCUT2D eigenvalue weighted by Crippen LogP contribution is -2.28. The van der Waals surface area contributed by atoms with Crippen LogP contribution in [-0.4, -0.2) is 22.7 Å². The Bertz CT molecular complexity index is 1080. The highest BCUT2D eigenvalue weighted by molar-refractivity contribution is 6.06. The van der Waals surface area contributed by atoms with Gasteiger partial charge in [0.15, 0.2) is 5.58 Å². The highest BCUT2D eigenvalue weighted by atomic mass is 19.1. The van der Waals surface area contributed by atoms with Gasteiger partial charge in [0.1, 0.15) is 11.3 Å². The van der Waals surface area contributed by atoms with Gasteiger partial charge in [0.25, 0.3) is 5.91 Å². The molecule has 1 N–H and O–H groups in total. The van der Waals surface area contributed by atoms with Crippen molar-refractivity contribution in [2.45, 2.75) is 38.7 Å². The normalized spacial score (nSPS) is 16.7. The third-order valence-electron chi connectivity index (χ3n) is 4.42. The van der Waals surface area contributed by atoms with Crippen molar-refractivity contribution in [1.29, 1.82) is 0 Å². The van der Waals surface area contributed by atoms with E-state index in [1.807, 2.05) is 20.8 Å². The van der Waals surface area contributed by atoms with Gasteiger partial charge in [0, 0.05) is 23.1 Å². The summed E-state index contributed by atoms with van der Waals surface area (Å²) < 4.78 is 19.1. The lowest BCUT2D eigenvalue weighted by atomic mass is 9.97. The molecule has 4 rings (SSSR count). The molecule has 144 valence electrons. The molecule has 0 unspecified atom stereocenters. The van der Waals surface area contributed by atoms with Gasteiger partial charge in [-0.25, -0.2) is 9.37 Å². The fraction of sp³-hybridized carbons (Fsp3) is 0.286. The summed E-state index contributed by atoms with van der Waals surface area (Å²) in [5.41, 5.74) is 2.87. The van der Waals surface area contributed by atoms with Crippen LogP contribution in [0, 0.1) is 5.82 Å². The van der Waals surface area contributed by atoms with Crippen molar-refractivity contribution in [3.8, 4) is 0 Å². The summed E-state index contributed by atoms with van der Waals surface area (Å²) in [5.74, 6) is -0.0454. The van der Waals surface area contributed by atoms with E-state index in [2.05, 4.69) is 15.5 Å². The summed E-state index contributed by atoms with van der Waals surface area (Å²) in [5, 5.41) is 6.75. The van der Waals surface area contributed by atoms with Crippen LogP contribution >= 0.6 is 0 Å². The Morgan fingerprint density at radius 3 is 2.79 bits per heavy atom. The topological polar surface area (TPSA) is 76.7 Å². The van der Waals surface area contributed by atoms with Gasteiger partial charge < -0.3 is 14.6 Å². The number of rotatable bonds is 3. The summed E-state index contributed by atoms with van der Waals surface area (Å²) in [6.45, 7) is 6.07. The highest BCUT2D eigenvalue weighted by Crippen LogP contribution is 2.27. The number of nitrogens with zero attached hydrogens (tertiary/aromatic N) is 2. The highest BCUT2D eigenvalue weighted by Gasteiger charge is 2.29.